The van der Waals surface area contributed by atoms with Crippen LogP contribution >= 0.6 is 0 Å². The Labute approximate surface area is 133 Å². The largest absolute Gasteiger partial charge is 0.299 e. The molecular formula is C20H28O2. The summed E-state index contributed by atoms with van der Waals surface area (Å²) in [5.41, 5.74) is 1.45. The average Bonchev–Trinajstić information content (AvgIpc) is 2.74. The van der Waals surface area contributed by atoms with Gasteiger partial charge >= 0.3 is 0 Å². The lowest BCUT2D eigenvalue weighted by Gasteiger charge is -2.63. The maximum Gasteiger partial charge on any atom is 0.146 e. The summed E-state index contributed by atoms with van der Waals surface area (Å²) in [6.07, 6.45) is 11.2. The standard InChI is InChI=1S/C20H28O2/c1-18(2)15-6-9-20-10-13(14(11-20)12-21)4-5-16(20)19(15,3)8-7-17(18)22/h11-13,15-16H,4-10H2,1-3H3. The first-order valence-corrected chi connectivity index (χ1v) is 9.05. The predicted octanol–water partition coefficient (Wildman–Crippen LogP) is 4.33. The summed E-state index contributed by atoms with van der Waals surface area (Å²) < 4.78 is 0. The van der Waals surface area contributed by atoms with Gasteiger partial charge in [0, 0.05) is 11.8 Å². The number of carbonyl (C=O) groups is 2. The van der Waals surface area contributed by atoms with Gasteiger partial charge in [0.1, 0.15) is 12.1 Å². The number of aldehydes is 1. The van der Waals surface area contributed by atoms with Crippen LogP contribution in [0.2, 0.25) is 0 Å². The number of hydrogen-bond donors (Lipinski definition) is 0. The Morgan fingerprint density at radius 1 is 1.09 bits per heavy atom. The topological polar surface area (TPSA) is 34.1 Å². The Morgan fingerprint density at radius 2 is 1.86 bits per heavy atom. The van der Waals surface area contributed by atoms with Crippen molar-refractivity contribution in [2.24, 2.45) is 34.0 Å². The number of ketones is 1. The minimum Gasteiger partial charge on any atom is -0.299 e. The van der Waals surface area contributed by atoms with E-state index in [0.29, 0.717) is 23.5 Å². The third kappa shape index (κ3) is 1.62. The zero-order valence-corrected chi connectivity index (χ0v) is 14.2. The fraction of sp³-hybridized carbons (Fsp3) is 0.800. The minimum atomic E-state index is -0.165. The molecule has 5 atom stereocenters. The van der Waals surface area contributed by atoms with Crippen LogP contribution in [0.25, 0.3) is 0 Å². The van der Waals surface area contributed by atoms with Crippen molar-refractivity contribution < 1.29 is 9.59 Å². The highest BCUT2D eigenvalue weighted by Gasteiger charge is 2.63. The lowest BCUT2D eigenvalue weighted by molar-refractivity contribution is -0.160. The van der Waals surface area contributed by atoms with E-state index in [2.05, 4.69) is 26.8 Å². The second-order valence-electron chi connectivity index (χ2n) is 9.27. The molecule has 0 saturated heterocycles. The van der Waals surface area contributed by atoms with Gasteiger partial charge in [0.05, 0.1) is 0 Å². The third-order valence-electron chi connectivity index (χ3n) is 8.16. The molecule has 2 heteroatoms. The fourth-order valence-corrected chi connectivity index (χ4v) is 7.14. The van der Waals surface area contributed by atoms with E-state index in [-0.39, 0.29) is 16.2 Å². The van der Waals surface area contributed by atoms with E-state index in [1.807, 2.05) is 0 Å². The molecule has 4 rings (SSSR count). The van der Waals surface area contributed by atoms with E-state index in [4.69, 9.17) is 0 Å². The molecule has 4 aliphatic rings. The molecule has 0 heterocycles. The molecule has 0 radical (unpaired) electrons. The van der Waals surface area contributed by atoms with Gasteiger partial charge in [0.25, 0.3) is 0 Å². The number of hydrogen-bond acceptors (Lipinski definition) is 2. The van der Waals surface area contributed by atoms with Gasteiger partial charge in [-0.2, -0.15) is 0 Å². The average molecular weight is 300 g/mol. The fourth-order valence-electron chi connectivity index (χ4n) is 7.14. The van der Waals surface area contributed by atoms with Crippen molar-refractivity contribution >= 4 is 12.1 Å². The van der Waals surface area contributed by atoms with E-state index in [0.717, 1.165) is 31.1 Å². The van der Waals surface area contributed by atoms with Gasteiger partial charge in [-0.1, -0.05) is 26.8 Å². The van der Waals surface area contributed by atoms with E-state index >= 15 is 0 Å². The molecule has 0 aromatic rings. The van der Waals surface area contributed by atoms with E-state index in [1.165, 1.54) is 25.7 Å². The van der Waals surface area contributed by atoms with Crippen molar-refractivity contribution in [1.29, 1.82) is 0 Å². The van der Waals surface area contributed by atoms with Crippen LogP contribution in [-0.2, 0) is 9.59 Å². The summed E-state index contributed by atoms with van der Waals surface area (Å²) in [6.45, 7) is 6.83. The maximum absolute atomic E-state index is 12.5. The molecule has 1 spiro atoms. The molecule has 5 unspecified atom stereocenters. The van der Waals surface area contributed by atoms with Crippen molar-refractivity contribution in [3.63, 3.8) is 0 Å². The molecule has 120 valence electrons. The molecule has 0 N–H and O–H groups in total. The second-order valence-corrected chi connectivity index (χ2v) is 9.27. The molecule has 0 amide bonds. The van der Waals surface area contributed by atoms with Crippen molar-refractivity contribution in [1.82, 2.24) is 0 Å². The van der Waals surface area contributed by atoms with Gasteiger partial charge in [-0.15, -0.1) is 0 Å². The molecule has 2 nitrogen and oxygen atoms in total. The first kappa shape index (κ1) is 14.7. The Bertz CT molecular complexity index is 572. The molecule has 4 aliphatic carbocycles. The highest BCUT2D eigenvalue weighted by molar-refractivity contribution is 5.85. The zero-order chi connectivity index (χ0) is 15.8. The molecule has 0 aromatic heterocycles. The summed E-state index contributed by atoms with van der Waals surface area (Å²) in [5, 5.41) is 0. The molecular weight excluding hydrogens is 272 g/mol. The molecule has 2 bridgehead atoms. The summed E-state index contributed by atoms with van der Waals surface area (Å²) in [4.78, 5) is 23.9. The Balaban J connectivity index is 1.77. The van der Waals surface area contributed by atoms with Crippen molar-refractivity contribution in [3.05, 3.63) is 11.6 Å². The molecule has 0 aliphatic heterocycles. The second kappa shape index (κ2) is 4.33. The Hall–Kier alpha value is -0.920. The summed E-state index contributed by atoms with van der Waals surface area (Å²) >= 11 is 0. The molecule has 3 fully saturated rings. The highest BCUT2D eigenvalue weighted by Crippen LogP contribution is 2.70. The maximum atomic E-state index is 12.5. The van der Waals surface area contributed by atoms with Crippen LogP contribution < -0.4 is 0 Å². The lowest BCUT2D eigenvalue weighted by atomic mass is 9.41. The van der Waals surface area contributed by atoms with Crippen LogP contribution in [0.1, 0.15) is 65.7 Å². The van der Waals surface area contributed by atoms with Crippen molar-refractivity contribution in [2.45, 2.75) is 65.7 Å². The van der Waals surface area contributed by atoms with Gasteiger partial charge in [-0.25, -0.2) is 0 Å². The lowest BCUT2D eigenvalue weighted by Crippen LogP contribution is -2.58. The molecule has 3 saturated carbocycles. The number of rotatable bonds is 1. The Kier molecular flexibility index (Phi) is 2.89. The van der Waals surface area contributed by atoms with E-state index < -0.39 is 0 Å². The number of Topliss-reactive ketones (excluding diaryl/α,β-unsaturated/α-hetero) is 1. The van der Waals surface area contributed by atoms with Crippen molar-refractivity contribution in [3.8, 4) is 0 Å². The van der Waals surface area contributed by atoms with Gasteiger partial charge < -0.3 is 0 Å². The number of fused-ring (bicyclic) bond motifs is 3. The summed E-state index contributed by atoms with van der Waals surface area (Å²) in [7, 11) is 0. The van der Waals surface area contributed by atoms with Gasteiger partial charge in [0.15, 0.2) is 0 Å². The highest BCUT2D eigenvalue weighted by atomic mass is 16.1. The summed E-state index contributed by atoms with van der Waals surface area (Å²) in [5.74, 6) is 2.17. The van der Waals surface area contributed by atoms with Crippen LogP contribution in [0.15, 0.2) is 11.6 Å². The molecule has 0 aromatic carbocycles. The first-order chi connectivity index (χ1) is 10.3. The monoisotopic (exact) mass is 300 g/mol. The van der Waals surface area contributed by atoms with Crippen LogP contribution in [0.3, 0.4) is 0 Å². The van der Waals surface area contributed by atoms with Gasteiger partial charge in [-0.3, -0.25) is 9.59 Å². The predicted molar refractivity (Wildman–Crippen MR) is 86.3 cm³/mol. The zero-order valence-electron chi connectivity index (χ0n) is 14.2. The first-order valence-electron chi connectivity index (χ1n) is 9.05. The van der Waals surface area contributed by atoms with Crippen LogP contribution in [0.5, 0.6) is 0 Å². The normalized spacial score (nSPS) is 49.1. The molecule has 22 heavy (non-hydrogen) atoms. The third-order valence-corrected chi connectivity index (χ3v) is 8.16. The van der Waals surface area contributed by atoms with E-state index in [9.17, 15) is 9.59 Å². The van der Waals surface area contributed by atoms with Crippen LogP contribution in [0.4, 0.5) is 0 Å². The smallest absolute Gasteiger partial charge is 0.146 e. The van der Waals surface area contributed by atoms with Crippen LogP contribution in [-0.4, -0.2) is 12.1 Å². The van der Waals surface area contributed by atoms with Crippen LogP contribution in [0, 0.1) is 34.0 Å². The van der Waals surface area contributed by atoms with Gasteiger partial charge in [0.2, 0.25) is 0 Å². The van der Waals surface area contributed by atoms with Crippen molar-refractivity contribution in [2.75, 3.05) is 0 Å². The minimum absolute atomic E-state index is 0.165. The quantitative estimate of drug-likeness (QED) is 0.675. The summed E-state index contributed by atoms with van der Waals surface area (Å²) in [6, 6.07) is 0. The SMILES string of the molecule is CC1(C)C(=O)CCC2(C)C3CCC4CC3(C=C4C=O)CCC12. The van der Waals surface area contributed by atoms with Gasteiger partial charge in [-0.05, 0) is 72.7 Å². The van der Waals surface area contributed by atoms with E-state index in [1.54, 1.807) is 0 Å². The number of allylic oxidation sites excluding steroid dienone is 2. The Morgan fingerprint density at radius 3 is 2.59 bits per heavy atom. The number of carbonyl (C=O) groups excluding carboxylic acids is 2.